The highest BCUT2D eigenvalue weighted by molar-refractivity contribution is 5.95. The van der Waals surface area contributed by atoms with Crippen molar-refractivity contribution in [3.05, 3.63) is 29.8 Å². The number of likely N-dealkylation sites (tertiary alicyclic amines) is 1. The average molecular weight is 260 g/mol. The first-order valence-corrected chi connectivity index (χ1v) is 7.05. The molecular formula is C15H24N4. The Hall–Kier alpha value is -1.55. The van der Waals surface area contributed by atoms with Crippen LogP contribution in [0.4, 0.5) is 5.69 Å². The second-order valence-corrected chi connectivity index (χ2v) is 5.28. The number of hydrogen-bond acceptors (Lipinski definition) is 3. The molecule has 0 atom stereocenters. The van der Waals surface area contributed by atoms with Crippen molar-refractivity contribution in [2.24, 2.45) is 5.73 Å². The van der Waals surface area contributed by atoms with Gasteiger partial charge in [0.25, 0.3) is 0 Å². The van der Waals surface area contributed by atoms with Gasteiger partial charge >= 0.3 is 0 Å². The Morgan fingerprint density at radius 2 is 1.89 bits per heavy atom. The number of nitrogens with two attached hydrogens (primary N) is 1. The van der Waals surface area contributed by atoms with Gasteiger partial charge in [-0.15, -0.1) is 0 Å². The van der Waals surface area contributed by atoms with Crippen LogP contribution in [-0.2, 0) is 0 Å². The molecule has 0 aliphatic carbocycles. The molecule has 0 aromatic heterocycles. The molecule has 19 heavy (non-hydrogen) atoms. The molecule has 0 spiro atoms. The first-order valence-electron chi connectivity index (χ1n) is 7.05. The van der Waals surface area contributed by atoms with Gasteiger partial charge in [-0.1, -0.05) is 0 Å². The Balaban J connectivity index is 1.78. The van der Waals surface area contributed by atoms with Gasteiger partial charge in [0.05, 0.1) is 0 Å². The molecule has 2 rings (SSSR count). The zero-order valence-electron chi connectivity index (χ0n) is 11.7. The third-order valence-electron chi connectivity index (χ3n) is 3.79. The second kappa shape index (κ2) is 6.57. The van der Waals surface area contributed by atoms with Crippen molar-refractivity contribution < 1.29 is 0 Å². The quantitative estimate of drug-likeness (QED) is 0.606. The number of amidine groups is 1. The van der Waals surface area contributed by atoms with Crippen LogP contribution in [-0.4, -0.2) is 44.0 Å². The number of nitrogen functional groups attached to an aromatic ring is 1. The summed E-state index contributed by atoms with van der Waals surface area (Å²) in [5, 5.41) is 7.38. The maximum atomic E-state index is 7.38. The maximum absolute atomic E-state index is 7.38. The molecule has 1 aromatic carbocycles. The van der Waals surface area contributed by atoms with Crippen molar-refractivity contribution in [1.29, 1.82) is 5.41 Å². The summed E-state index contributed by atoms with van der Waals surface area (Å²) < 4.78 is 0. The fourth-order valence-corrected chi connectivity index (χ4v) is 2.56. The van der Waals surface area contributed by atoms with Crippen molar-refractivity contribution in [1.82, 2.24) is 4.90 Å². The van der Waals surface area contributed by atoms with Gasteiger partial charge in [0.2, 0.25) is 0 Å². The van der Waals surface area contributed by atoms with Crippen LogP contribution in [0, 0.1) is 5.41 Å². The van der Waals surface area contributed by atoms with Crippen LogP contribution in [0.25, 0.3) is 0 Å². The van der Waals surface area contributed by atoms with Crippen LogP contribution < -0.4 is 10.6 Å². The molecule has 0 radical (unpaired) electrons. The Labute approximate surface area is 115 Å². The lowest BCUT2D eigenvalue weighted by Gasteiger charge is -2.21. The standard InChI is InChI=1S/C15H24N4/c1-18(9-4-12-19-10-2-3-11-19)14-7-5-13(6-8-14)15(16)17/h5-8H,2-4,9-12H2,1H3,(H3,16,17). The summed E-state index contributed by atoms with van der Waals surface area (Å²) in [7, 11) is 2.12. The number of nitrogens with zero attached hydrogens (tertiary/aromatic N) is 2. The van der Waals surface area contributed by atoms with Gasteiger partial charge in [-0.25, -0.2) is 0 Å². The van der Waals surface area contributed by atoms with Gasteiger partial charge in [-0.3, -0.25) is 5.41 Å². The molecule has 1 saturated heterocycles. The van der Waals surface area contributed by atoms with Gasteiger partial charge in [0.15, 0.2) is 0 Å². The molecular weight excluding hydrogens is 236 g/mol. The Kier molecular flexibility index (Phi) is 4.80. The summed E-state index contributed by atoms with van der Waals surface area (Å²) in [4.78, 5) is 4.81. The minimum Gasteiger partial charge on any atom is -0.384 e. The van der Waals surface area contributed by atoms with E-state index in [1.807, 2.05) is 24.3 Å². The van der Waals surface area contributed by atoms with Crippen LogP contribution in [0.2, 0.25) is 0 Å². The Morgan fingerprint density at radius 3 is 2.47 bits per heavy atom. The first kappa shape index (κ1) is 13.9. The third-order valence-corrected chi connectivity index (χ3v) is 3.79. The van der Waals surface area contributed by atoms with E-state index in [9.17, 15) is 0 Å². The summed E-state index contributed by atoms with van der Waals surface area (Å²) in [5.41, 5.74) is 7.43. The monoisotopic (exact) mass is 260 g/mol. The molecule has 3 N–H and O–H groups in total. The van der Waals surface area contributed by atoms with Gasteiger partial charge in [-0.2, -0.15) is 0 Å². The summed E-state index contributed by atoms with van der Waals surface area (Å²) in [6, 6.07) is 7.89. The molecule has 4 nitrogen and oxygen atoms in total. The SMILES string of the molecule is CN(CCCN1CCCC1)c1ccc(C(=N)N)cc1. The third kappa shape index (κ3) is 3.96. The fourth-order valence-electron chi connectivity index (χ4n) is 2.56. The smallest absolute Gasteiger partial charge is 0.122 e. The van der Waals surface area contributed by atoms with E-state index in [1.54, 1.807) is 0 Å². The number of hydrogen-bond donors (Lipinski definition) is 2. The average Bonchev–Trinajstić information content (AvgIpc) is 2.92. The topological polar surface area (TPSA) is 56.4 Å². The zero-order chi connectivity index (χ0) is 13.7. The second-order valence-electron chi connectivity index (χ2n) is 5.28. The highest BCUT2D eigenvalue weighted by Crippen LogP contribution is 2.14. The van der Waals surface area contributed by atoms with Crippen LogP contribution in [0.3, 0.4) is 0 Å². The highest BCUT2D eigenvalue weighted by atomic mass is 15.1. The molecule has 1 fully saturated rings. The van der Waals surface area contributed by atoms with E-state index in [0.29, 0.717) is 0 Å². The normalized spacial score (nSPS) is 15.6. The van der Waals surface area contributed by atoms with E-state index < -0.39 is 0 Å². The molecule has 1 aromatic rings. The van der Waals surface area contributed by atoms with Crippen LogP contribution in [0.1, 0.15) is 24.8 Å². The zero-order valence-corrected chi connectivity index (χ0v) is 11.7. The van der Waals surface area contributed by atoms with Crippen molar-refractivity contribution in [3.8, 4) is 0 Å². The van der Waals surface area contributed by atoms with E-state index >= 15 is 0 Å². The lowest BCUT2D eigenvalue weighted by molar-refractivity contribution is 0.335. The molecule has 4 heteroatoms. The predicted octanol–water partition coefficient (Wildman–Crippen LogP) is 1.89. The Bertz CT molecular complexity index is 407. The van der Waals surface area contributed by atoms with E-state index in [2.05, 4.69) is 16.8 Å². The van der Waals surface area contributed by atoms with Crippen molar-refractivity contribution in [2.75, 3.05) is 38.1 Å². The number of anilines is 1. The van der Waals surface area contributed by atoms with Crippen LogP contribution in [0.5, 0.6) is 0 Å². The summed E-state index contributed by atoms with van der Waals surface area (Å²) >= 11 is 0. The van der Waals surface area contributed by atoms with E-state index in [-0.39, 0.29) is 5.84 Å². The minimum atomic E-state index is 0.128. The molecule has 1 aliphatic heterocycles. The van der Waals surface area contributed by atoms with Crippen molar-refractivity contribution in [3.63, 3.8) is 0 Å². The van der Waals surface area contributed by atoms with Crippen molar-refractivity contribution >= 4 is 11.5 Å². The molecule has 0 saturated carbocycles. The molecule has 0 amide bonds. The highest BCUT2D eigenvalue weighted by Gasteiger charge is 2.11. The lowest BCUT2D eigenvalue weighted by atomic mass is 10.2. The van der Waals surface area contributed by atoms with E-state index in [4.69, 9.17) is 11.1 Å². The van der Waals surface area contributed by atoms with Crippen molar-refractivity contribution in [2.45, 2.75) is 19.3 Å². The number of benzene rings is 1. The van der Waals surface area contributed by atoms with Gasteiger partial charge in [0.1, 0.15) is 5.84 Å². The maximum Gasteiger partial charge on any atom is 0.122 e. The van der Waals surface area contributed by atoms with Gasteiger partial charge in [0, 0.05) is 24.8 Å². The fraction of sp³-hybridized carbons (Fsp3) is 0.533. The van der Waals surface area contributed by atoms with Crippen LogP contribution in [0.15, 0.2) is 24.3 Å². The summed E-state index contributed by atoms with van der Waals surface area (Å²) in [6.45, 7) is 4.82. The lowest BCUT2D eigenvalue weighted by Crippen LogP contribution is -2.26. The molecule has 104 valence electrons. The first-order chi connectivity index (χ1) is 9.16. The molecule has 1 heterocycles. The van der Waals surface area contributed by atoms with Gasteiger partial charge in [-0.05, 0) is 63.2 Å². The summed E-state index contributed by atoms with van der Waals surface area (Å²) in [5.74, 6) is 0.128. The largest absolute Gasteiger partial charge is 0.384 e. The Morgan fingerprint density at radius 1 is 1.26 bits per heavy atom. The minimum absolute atomic E-state index is 0.128. The molecule has 0 unspecified atom stereocenters. The van der Waals surface area contributed by atoms with Crippen LogP contribution >= 0.6 is 0 Å². The van der Waals surface area contributed by atoms with Gasteiger partial charge < -0.3 is 15.5 Å². The van der Waals surface area contributed by atoms with E-state index in [0.717, 1.165) is 12.1 Å². The predicted molar refractivity (Wildman–Crippen MR) is 81.0 cm³/mol. The number of nitrogens with one attached hydrogen (secondary N) is 1. The molecule has 1 aliphatic rings. The molecule has 0 bridgehead atoms. The number of rotatable bonds is 6. The van der Waals surface area contributed by atoms with E-state index in [1.165, 1.54) is 44.6 Å². The summed E-state index contributed by atoms with van der Waals surface area (Å²) in [6.07, 6.45) is 3.93.